The smallest absolute Gasteiger partial charge is 0.290 e. The van der Waals surface area contributed by atoms with Gasteiger partial charge in [-0.1, -0.05) is 45.0 Å². The molecule has 0 saturated carbocycles. The molecule has 29 heavy (non-hydrogen) atoms. The number of amides is 1. The van der Waals surface area contributed by atoms with Crippen LogP contribution in [0.5, 0.6) is 0 Å². The zero-order valence-corrected chi connectivity index (χ0v) is 17.9. The third kappa shape index (κ3) is 2.98. The normalized spacial score (nSPS) is 16.6. The lowest BCUT2D eigenvalue weighted by molar-refractivity contribution is 0.0737. The van der Waals surface area contributed by atoms with Crippen molar-refractivity contribution in [3.05, 3.63) is 80.2 Å². The number of aryl methyl sites for hydroxylation is 2. The van der Waals surface area contributed by atoms with Gasteiger partial charge in [-0.2, -0.15) is 0 Å². The highest BCUT2D eigenvalue weighted by Gasteiger charge is 2.42. The predicted molar refractivity (Wildman–Crippen MR) is 116 cm³/mol. The molecule has 0 spiro atoms. The van der Waals surface area contributed by atoms with Gasteiger partial charge in [-0.05, 0) is 60.6 Å². The highest BCUT2D eigenvalue weighted by atomic mass is 16.3. The largest absolute Gasteiger partial charge is 0.450 e. The molecule has 1 unspecified atom stereocenters. The molecule has 150 valence electrons. The predicted octanol–water partition coefficient (Wildman–Crippen LogP) is 5.27. The van der Waals surface area contributed by atoms with Gasteiger partial charge >= 0.3 is 0 Å². The summed E-state index contributed by atoms with van der Waals surface area (Å²) in [5, 5.41) is 0.536. The number of fused-ring (bicyclic) bond motifs is 2. The lowest BCUT2D eigenvalue weighted by Gasteiger charge is -2.25. The molecule has 0 fully saturated rings. The van der Waals surface area contributed by atoms with Crippen molar-refractivity contribution in [2.45, 2.75) is 53.0 Å². The molecule has 4 nitrogen and oxygen atoms in total. The summed E-state index contributed by atoms with van der Waals surface area (Å²) in [6, 6.07) is 11.5. The van der Waals surface area contributed by atoms with Crippen LogP contribution >= 0.6 is 0 Å². The van der Waals surface area contributed by atoms with E-state index in [1.165, 1.54) is 5.56 Å². The standard InChI is InChI=1S/C25H27NO3/c1-7-26-21(16-8-10-17(11-9-16)25(4,5)6)20-22(27)18-12-14(2)15(3)13-19(18)29-23(20)24(26)28/h8-13,21H,7H2,1-6H3. The van der Waals surface area contributed by atoms with Crippen molar-refractivity contribution in [2.75, 3.05) is 6.54 Å². The van der Waals surface area contributed by atoms with Crippen LogP contribution in [0.2, 0.25) is 0 Å². The van der Waals surface area contributed by atoms with Crippen LogP contribution in [0.25, 0.3) is 11.0 Å². The number of nitrogens with zero attached hydrogens (tertiary/aromatic N) is 1. The minimum Gasteiger partial charge on any atom is -0.450 e. The summed E-state index contributed by atoms with van der Waals surface area (Å²) in [6.45, 7) is 12.9. The Morgan fingerprint density at radius 3 is 2.21 bits per heavy atom. The van der Waals surface area contributed by atoms with Gasteiger partial charge in [0, 0.05) is 6.54 Å². The minimum absolute atomic E-state index is 0.0387. The Hall–Kier alpha value is -2.88. The molecule has 4 heteroatoms. The van der Waals surface area contributed by atoms with E-state index in [0.717, 1.165) is 16.7 Å². The average Bonchev–Trinajstić information content (AvgIpc) is 2.95. The van der Waals surface area contributed by atoms with Crippen LogP contribution in [0.1, 0.15) is 72.1 Å². The highest BCUT2D eigenvalue weighted by molar-refractivity contribution is 5.99. The molecule has 0 radical (unpaired) electrons. The van der Waals surface area contributed by atoms with Crippen LogP contribution < -0.4 is 5.43 Å². The van der Waals surface area contributed by atoms with E-state index in [1.54, 1.807) is 4.90 Å². The molecule has 0 N–H and O–H groups in total. The molecule has 1 atom stereocenters. The maximum absolute atomic E-state index is 13.5. The van der Waals surface area contributed by atoms with Crippen molar-refractivity contribution in [2.24, 2.45) is 0 Å². The monoisotopic (exact) mass is 389 g/mol. The molecule has 2 heterocycles. The Labute approximate surface area is 171 Å². The van der Waals surface area contributed by atoms with E-state index in [4.69, 9.17) is 4.42 Å². The molecular formula is C25H27NO3. The van der Waals surface area contributed by atoms with Gasteiger partial charge in [-0.3, -0.25) is 9.59 Å². The van der Waals surface area contributed by atoms with E-state index in [2.05, 4.69) is 32.9 Å². The lowest BCUT2D eigenvalue weighted by atomic mass is 9.86. The van der Waals surface area contributed by atoms with E-state index >= 15 is 0 Å². The Balaban J connectivity index is 1.95. The van der Waals surface area contributed by atoms with Crippen LogP contribution in [0.15, 0.2) is 45.6 Å². The van der Waals surface area contributed by atoms with E-state index in [9.17, 15) is 9.59 Å². The quantitative estimate of drug-likeness (QED) is 0.600. The zero-order valence-electron chi connectivity index (χ0n) is 17.9. The second-order valence-electron chi connectivity index (χ2n) is 8.97. The van der Waals surface area contributed by atoms with Gasteiger partial charge in [0.05, 0.1) is 17.0 Å². The molecule has 1 aromatic heterocycles. The Morgan fingerprint density at radius 2 is 1.62 bits per heavy atom. The third-order valence-corrected chi connectivity index (χ3v) is 6.02. The van der Waals surface area contributed by atoms with Gasteiger partial charge in [0.2, 0.25) is 5.76 Å². The molecule has 4 rings (SSSR count). The van der Waals surface area contributed by atoms with E-state index in [0.29, 0.717) is 23.1 Å². The van der Waals surface area contributed by atoms with E-state index in [1.807, 2.05) is 45.0 Å². The topological polar surface area (TPSA) is 50.5 Å². The summed E-state index contributed by atoms with van der Waals surface area (Å²) < 4.78 is 6.00. The molecule has 0 aliphatic carbocycles. The van der Waals surface area contributed by atoms with Crippen molar-refractivity contribution in [1.29, 1.82) is 0 Å². The summed E-state index contributed by atoms with van der Waals surface area (Å²) in [5.74, 6) is -0.0397. The molecule has 0 saturated heterocycles. The Morgan fingerprint density at radius 1 is 1.00 bits per heavy atom. The number of carbonyl (C=O) groups excluding carboxylic acids is 1. The molecule has 1 aliphatic rings. The number of hydrogen-bond acceptors (Lipinski definition) is 3. The molecular weight excluding hydrogens is 362 g/mol. The van der Waals surface area contributed by atoms with Gasteiger partial charge in [-0.15, -0.1) is 0 Å². The van der Waals surface area contributed by atoms with Crippen molar-refractivity contribution >= 4 is 16.9 Å². The van der Waals surface area contributed by atoms with Crippen LogP contribution in [-0.4, -0.2) is 17.4 Å². The molecule has 1 aliphatic heterocycles. The molecule has 0 bridgehead atoms. The highest BCUT2D eigenvalue weighted by Crippen LogP contribution is 2.38. The van der Waals surface area contributed by atoms with Gasteiger partial charge in [0.1, 0.15) is 5.58 Å². The van der Waals surface area contributed by atoms with E-state index in [-0.39, 0.29) is 22.5 Å². The van der Waals surface area contributed by atoms with Crippen molar-refractivity contribution < 1.29 is 9.21 Å². The maximum atomic E-state index is 13.5. The first-order valence-corrected chi connectivity index (χ1v) is 10.1. The van der Waals surface area contributed by atoms with Crippen LogP contribution in [0.4, 0.5) is 0 Å². The molecule has 2 aromatic carbocycles. The Bertz CT molecular complexity index is 1180. The first-order valence-electron chi connectivity index (χ1n) is 10.1. The van der Waals surface area contributed by atoms with Crippen molar-refractivity contribution in [3.8, 4) is 0 Å². The summed E-state index contributed by atoms with van der Waals surface area (Å²) in [7, 11) is 0. The van der Waals surface area contributed by atoms with Crippen LogP contribution in [0, 0.1) is 13.8 Å². The number of benzene rings is 2. The number of carbonyl (C=O) groups is 1. The second-order valence-corrected chi connectivity index (χ2v) is 8.97. The second kappa shape index (κ2) is 6.58. The summed E-state index contributed by atoms with van der Waals surface area (Å²) >= 11 is 0. The lowest BCUT2D eigenvalue weighted by Crippen LogP contribution is -2.29. The first-order chi connectivity index (χ1) is 13.6. The maximum Gasteiger partial charge on any atom is 0.290 e. The summed E-state index contributed by atoms with van der Waals surface area (Å²) in [5.41, 5.74) is 5.07. The Kier molecular flexibility index (Phi) is 4.41. The fraction of sp³-hybridized carbons (Fsp3) is 0.360. The SMILES string of the molecule is CCN1C(=O)c2oc3cc(C)c(C)cc3c(=O)c2C1c1ccc(C(C)(C)C)cc1. The molecule has 3 aromatic rings. The van der Waals surface area contributed by atoms with Crippen LogP contribution in [-0.2, 0) is 5.41 Å². The van der Waals surface area contributed by atoms with Crippen molar-refractivity contribution in [1.82, 2.24) is 4.90 Å². The van der Waals surface area contributed by atoms with Gasteiger partial charge in [0.15, 0.2) is 5.43 Å². The van der Waals surface area contributed by atoms with E-state index < -0.39 is 6.04 Å². The third-order valence-electron chi connectivity index (χ3n) is 6.02. The first kappa shape index (κ1) is 19.4. The average molecular weight is 389 g/mol. The summed E-state index contributed by atoms with van der Waals surface area (Å²) in [6.07, 6.45) is 0. The fourth-order valence-electron chi connectivity index (χ4n) is 4.11. The van der Waals surface area contributed by atoms with Gasteiger partial charge in [0.25, 0.3) is 5.91 Å². The number of hydrogen-bond donors (Lipinski definition) is 0. The zero-order chi connectivity index (χ0) is 21.1. The van der Waals surface area contributed by atoms with Crippen LogP contribution in [0.3, 0.4) is 0 Å². The fourth-order valence-corrected chi connectivity index (χ4v) is 4.11. The minimum atomic E-state index is -0.418. The van der Waals surface area contributed by atoms with Gasteiger partial charge < -0.3 is 9.32 Å². The van der Waals surface area contributed by atoms with Gasteiger partial charge in [-0.25, -0.2) is 0 Å². The number of rotatable bonds is 2. The van der Waals surface area contributed by atoms with Crippen molar-refractivity contribution in [3.63, 3.8) is 0 Å². The molecule has 1 amide bonds. The summed E-state index contributed by atoms with van der Waals surface area (Å²) in [4.78, 5) is 28.3.